The van der Waals surface area contributed by atoms with Crippen LogP contribution in [-0.2, 0) is 25.0 Å². The van der Waals surface area contributed by atoms with Crippen LogP contribution in [0.2, 0.25) is 0 Å². The SMILES string of the molecule is CC(=O)N1CCN(S(=O)(=O)c2ccc(C(C)(C)C)cc2)C[C@H]1C(=O)Nc1ccccc1. The van der Waals surface area contributed by atoms with E-state index in [1.807, 2.05) is 18.2 Å². The van der Waals surface area contributed by atoms with Crippen molar-refractivity contribution in [3.63, 3.8) is 0 Å². The molecule has 1 saturated heterocycles. The maximum Gasteiger partial charge on any atom is 0.248 e. The highest BCUT2D eigenvalue weighted by Crippen LogP contribution is 2.26. The van der Waals surface area contributed by atoms with Crippen LogP contribution in [0.4, 0.5) is 5.69 Å². The number of carbonyl (C=O) groups is 2. The first kappa shape index (κ1) is 23.0. The number of hydrogen-bond donors (Lipinski definition) is 1. The molecule has 7 nitrogen and oxygen atoms in total. The molecule has 3 rings (SSSR count). The summed E-state index contributed by atoms with van der Waals surface area (Å²) in [6.07, 6.45) is 0. The molecule has 1 atom stereocenters. The summed E-state index contributed by atoms with van der Waals surface area (Å²) in [7, 11) is -3.80. The molecule has 0 unspecified atom stereocenters. The summed E-state index contributed by atoms with van der Waals surface area (Å²) in [4.78, 5) is 26.6. The number of anilines is 1. The number of carbonyl (C=O) groups excluding carboxylic acids is 2. The van der Waals surface area contributed by atoms with Crippen molar-refractivity contribution in [2.24, 2.45) is 0 Å². The third-order valence-corrected chi connectivity index (χ3v) is 7.33. The fraction of sp³-hybridized carbons (Fsp3) is 0.391. The molecule has 166 valence electrons. The fourth-order valence-corrected chi connectivity index (χ4v) is 5.04. The maximum atomic E-state index is 13.2. The second kappa shape index (κ2) is 8.80. The van der Waals surface area contributed by atoms with Crippen LogP contribution in [0, 0.1) is 0 Å². The number of benzene rings is 2. The van der Waals surface area contributed by atoms with Crippen LogP contribution < -0.4 is 5.32 Å². The van der Waals surface area contributed by atoms with Crippen molar-refractivity contribution in [1.29, 1.82) is 0 Å². The Hall–Kier alpha value is -2.71. The van der Waals surface area contributed by atoms with Crippen molar-refractivity contribution in [3.8, 4) is 0 Å². The van der Waals surface area contributed by atoms with Gasteiger partial charge in [-0.2, -0.15) is 4.31 Å². The molecule has 31 heavy (non-hydrogen) atoms. The van der Waals surface area contributed by atoms with E-state index < -0.39 is 22.0 Å². The van der Waals surface area contributed by atoms with Gasteiger partial charge >= 0.3 is 0 Å². The molecule has 0 aromatic heterocycles. The second-order valence-electron chi connectivity index (χ2n) is 8.72. The third kappa shape index (κ3) is 5.14. The minimum atomic E-state index is -3.80. The first-order chi connectivity index (χ1) is 14.5. The molecular formula is C23H29N3O4S. The van der Waals surface area contributed by atoms with Crippen LogP contribution in [-0.4, -0.2) is 55.1 Å². The van der Waals surface area contributed by atoms with Gasteiger partial charge in [-0.15, -0.1) is 0 Å². The predicted octanol–water partition coefficient (Wildman–Crippen LogP) is 2.84. The summed E-state index contributed by atoms with van der Waals surface area (Å²) < 4.78 is 27.8. The lowest BCUT2D eigenvalue weighted by atomic mass is 9.87. The average Bonchev–Trinajstić information content (AvgIpc) is 2.73. The molecule has 0 spiro atoms. The molecule has 1 N–H and O–H groups in total. The smallest absolute Gasteiger partial charge is 0.248 e. The van der Waals surface area contributed by atoms with Crippen LogP contribution in [0.25, 0.3) is 0 Å². The number of nitrogens with zero attached hydrogens (tertiary/aromatic N) is 2. The van der Waals surface area contributed by atoms with Crippen molar-refractivity contribution < 1.29 is 18.0 Å². The first-order valence-electron chi connectivity index (χ1n) is 10.2. The highest BCUT2D eigenvalue weighted by molar-refractivity contribution is 7.89. The Morgan fingerprint density at radius 2 is 1.58 bits per heavy atom. The van der Waals surface area contributed by atoms with E-state index in [9.17, 15) is 18.0 Å². The van der Waals surface area contributed by atoms with Gasteiger partial charge in [-0.05, 0) is 35.2 Å². The predicted molar refractivity (Wildman–Crippen MR) is 120 cm³/mol. The number of hydrogen-bond acceptors (Lipinski definition) is 4. The molecule has 0 aliphatic carbocycles. The van der Waals surface area contributed by atoms with Gasteiger partial charge in [-0.3, -0.25) is 9.59 Å². The normalized spacial score (nSPS) is 17.9. The van der Waals surface area contributed by atoms with E-state index in [2.05, 4.69) is 26.1 Å². The molecule has 2 aromatic rings. The Morgan fingerprint density at radius 3 is 2.13 bits per heavy atom. The molecule has 1 aliphatic heterocycles. The van der Waals surface area contributed by atoms with E-state index >= 15 is 0 Å². The summed E-state index contributed by atoms with van der Waals surface area (Å²) in [5, 5.41) is 2.78. The Balaban J connectivity index is 1.83. The zero-order valence-electron chi connectivity index (χ0n) is 18.3. The van der Waals surface area contributed by atoms with Crippen molar-refractivity contribution in [3.05, 3.63) is 60.2 Å². The van der Waals surface area contributed by atoms with Crippen molar-refractivity contribution in [2.45, 2.75) is 44.0 Å². The van der Waals surface area contributed by atoms with Gasteiger partial charge in [-0.1, -0.05) is 51.1 Å². The lowest BCUT2D eigenvalue weighted by Crippen LogP contribution is -2.60. The number of nitrogens with one attached hydrogen (secondary N) is 1. The molecule has 2 aromatic carbocycles. The van der Waals surface area contributed by atoms with Crippen molar-refractivity contribution in [2.75, 3.05) is 25.0 Å². The first-order valence-corrected chi connectivity index (χ1v) is 11.7. The van der Waals surface area contributed by atoms with Crippen LogP contribution in [0.3, 0.4) is 0 Å². The highest BCUT2D eigenvalue weighted by atomic mass is 32.2. The molecule has 0 saturated carbocycles. The maximum absolute atomic E-state index is 13.2. The molecule has 1 aliphatic rings. The largest absolute Gasteiger partial charge is 0.328 e. The second-order valence-corrected chi connectivity index (χ2v) is 10.7. The number of amides is 2. The zero-order chi connectivity index (χ0) is 22.8. The highest BCUT2D eigenvalue weighted by Gasteiger charge is 2.39. The number of sulfonamides is 1. The fourth-order valence-electron chi connectivity index (χ4n) is 3.60. The monoisotopic (exact) mass is 443 g/mol. The minimum Gasteiger partial charge on any atom is -0.328 e. The summed E-state index contributed by atoms with van der Waals surface area (Å²) in [5.41, 5.74) is 1.54. The number of piperazine rings is 1. The number of rotatable bonds is 4. The van der Waals surface area contributed by atoms with Gasteiger partial charge in [0.05, 0.1) is 4.90 Å². The molecule has 0 radical (unpaired) electrons. The lowest BCUT2D eigenvalue weighted by molar-refractivity contribution is -0.139. The van der Waals surface area contributed by atoms with Gasteiger partial charge in [0.1, 0.15) is 6.04 Å². The van der Waals surface area contributed by atoms with E-state index in [0.717, 1.165) is 5.56 Å². The van der Waals surface area contributed by atoms with E-state index in [4.69, 9.17) is 0 Å². The van der Waals surface area contributed by atoms with Gasteiger partial charge in [0.25, 0.3) is 0 Å². The zero-order valence-corrected chi connectivity index (χ0v) is 19.1. The average molecular weight is 444 g/mol. The number of para-hydroxylation sites is 1. The van der Waals surface area contributed by atoms with Crippen LogP contribution >= 0.6 is 0 Å². The van der Waals surface area contributed by atoms with Gasteiger partial charge in [0, 0.05) is 32.2 Å². The molecule has 1 heterocycles. The van der Waals surface area contributed by atoms with E-state index in [-0.39, 0.29) is 35.9 Å². The van der Waals surface area contributed by atoms with E-state index in [1.165, 1.54) is 16.1 Å². The molecule has 1 fully saturated rings. The Morgan fingerprint density at radius 1 is 0.968 bits per heavy atom. The molecular weight excluding hydrogens is 414 g/mol. The Bertz CT molecular complexity index is 1040. The standard InChI is InChI=1S/C23H29N3O4S/c1-17(27)26-15-14-25(16-21(26)22(28)24-19-8-6-5-7-9-19)31(29,30)20-12-10-18(11-13-20)23(2,3)4/h5-13,21H,14-16H2,1-4H3,(H,24,28)/t21-/m0/s1. The summed E-state index contributed by atoms with van der Waals surface area (Å²) in [6, 6.07) is 14.8. The van der Waals surface area contributed by atoms with Gasteiger partial charge in [-0.25, -0.2) is 8.42 Å². The van der Waals surface area contributed by atoms with Gasteiger partial charge in [0.2, 0.25) is 21.8 Å². The van der Waals surface area contributed by atoms with Crippen LogP contribution in [0.15, 0.2) is 59.5 Å². The van der Waals surface area contributed by atoms with Crippen molar-refractivity contribution in [1.82, 2.24) is 9.21 Å². The Kier molecular flexibility index (Phi) is 6.52. The van der Waals surface area contributed by atoms with Gasteiger partial charge in [0.15, 0.2) is 0 Å². The Labute approximate surface area is 184 Å². The minimum absolute atomic E-state index is 0.0873. The topological polar surface area (TPSA) is 86.8 Å². The molecule has 0 bridgehead atoms. The quantitative estimate of drug-likeness (QED) is 0.787. The summed E-state index contributed by atoms with van der Waals surface area (Å²) in [5.74, 6) is -0.677. The van der Waals surface area contributed by atoms with Gasteiger partial charge < -0.3 is 10.2 Å². The molecule has 2 amide bonds. The summed E-state index contributed by atoms with van der Waals surface area (Å²) >= 11 is 0. The van der Waals surface area contributed by atoms with E-state index in [1.54, 1.807) is 36.4 Å². The van der Waals surface area contributed by atoms with Crippen molar-refractivity contribution >= 4 is 27.5 Å². The lowest BCUT2D eigenvalue weighted by Gasteiger charge is -2.39. The van der Waals surface area contributed by atoms with Crippen LogP contribution in [0.5, 0.6) is 0 Å². The third-order valence-electron chi connectivity index (χ3n) is 5.45. The molecule has 8 heteroatoms. The van der Waals surface area contributed by atoms with Crippen LogP contribution in [0.1, 0.15) is 33.3 Å². The van der Waals surface area contributed by atoms with E-state index in [0.29, 0.717) is 5.69 Å². The summed E-state index contributed by atoms with van der Waals surface area (Å²) in [6.45, 7) is 7.77.